The number of carboxylic acid groups (broad SMARTS) is 1. The van der Waals surface area contributed by atoms with Crippen LogP contribution in [0.25, 0.3) is 0 Å². The average molecular weight is 167 g/mol. The Morgan fingerprint density at radius 3 is 3.08 bits per heavy atom. The second-order valence-electron chi connectivity index (χ2n) is 2.21. The van der Waals surface area contributed by atoms with Gasteiger partial charge in [0, 0.05) is 6.20 Å². The van der Waals surface area contributed by atoms with Crippen LogP contribution >= 0.6 is 0 Å². The van der Waals surface area contributed by atoms with E-state index >= 15 is 0 Å². The van der Waals surface area contributed by atoms with Gasteiger partial charge >= 0.3 is 5.97 Å². The van der Waals surface area contributed by atoms with Gasteiger partial charge in [0.05, 0.1) is 17.6 Å². The van der Waals surface area contributed by atoms with Crippen LogP contribution in [0.1, 0.15) is 0 Å². The zero-order valence-corrected chi connectivity index (χ0v) is 6.32. The summed E-state index contributed by atoms with van der Waals surface area (Å²) in [6.45, 7) is -0.157. The summed E-state index contributed by atoms with van der Waals surface area (Å²) < 4.78 is 0. The maximum absolute atomic E-state index is 10.2. The number of nitrogens with zero attached hydrogens (tertiary/aromatic N) is 1. The number of anilines is 2. The lowest BCUT2D eigenvalue weighted by molar-refractivity contribution is -0.134. The number of nitrogens with two attached hydrogens (primary N) is 1. The summed E-state index contributed by atoms with van der Waals surface area (Å²) >= 11 is 0. The van der Waals surface area contributed by atoms with E-state index in [1.165, 1.54) is 6.20 Å². The minimum atomic E-state index is -0.932. The van der Waals surface area contributed by atoms with Gasteiger partial charge in [-0.3, -0.25) is 9.78 Å². The molecule has 0 aromatic carbocycles. The van der Waals surface area contributed by atoms with Gasteiger partial charge in [-0.05, 0) is 6.07 Å². The van der Waals surface area contributed by atoms with E-state index < -0.39 is 5.97 Å². The van der Waals surface area contributed by atoms with Crippen molar-refractivity contribution in [1.82, 2.24) is 4.98 Å². The molecule has 0 aliphatic rings. The van der Waals surface area contributed by atoms with E-state index in [0.29, 0.717) is 11.4 Å². The minimum absolute atomic E-state index is 0.157. The van der Waals surface area contributed by atoms with E-state index in [0.717, 1.165) is 0 Å². The second kappa shape index (κ2) is 3.56. The summed E-state index contributed by atoms with van der Waals surface area (Å²) in [5.41, 5.74) is 6.54. The highest BCUT2D eigenvalue weighted by Crippen LogP contribution is 2.13. The molecule has 0 fully saturated rings. The highest BCUT2D eigenvalue weighted by atomic mass is 16.4. The third-order valence-electron chi connectivity index (χ3n) is 1.28. The molecule has 1 aromatic heterocycles. The van der Waals surface area contributed by atoms with E-state index in [-0.39, 0.29) is 6.54 Å². The van der Waals surface area contributed by atoms with Crippen LogP contribution in [-0.2, 0) is 4.79 Å². The van der Waals surface area contributed by atoms with Crippen LogP contribution < -0.4 is 11.1 Å². The maximum atomic E-state index is 10.2. The summed E-state index contributed by atoms with van der Waals surface area (Å²) in [6.07, 6.45) is 3.03. The molecule has 0 aliphatic heterocycles. The average Bonchev–Trinajstić information content (AvgIpc) is 2.03. The molecule has 0 spiro atoms. The van der Waals surface area contributed by atoms with Gasteiger partial charge in [-0.25, -0.2) is 0 Å². The first kappa shape index (κ1) is 8.32. The summed E-state index contributed by atoms with van der Waals surface area (Å²) in [4.78, 5) is 13.9. The van der Waals surface area contributed by atoms with E-state index in [2.05, 4.69) is 10.3 Å². The molecule has 0 saturated carbocycles. The maximum Gasteiger partial charge on any atom is 0.322 e. The summed E-state index contributed by atoms with van der Waals surface area (Å²) in [5.74, 6) is -0.932. The Hall–Kier alpha value is -1.78. The molecule has 1 rings (SSSR count). The molecular weight excluding hydrogens is 158 g/mol. The number of hydrogen-bond acceptors (Lipinski definition) is 4. The molecule has 1 aromatic rings. The Morgan fingerprint density at radius 1 is 1.75 bits per heavy atom. The highest BCUT2D eigenvalue weighted by Gasteiger charge is 1.99. The number of rotatable bonds is 3. The zero-order chi connectivity index (χ0) is 8.97. The zero-order valence-electron chi connectivity index (χ0n) is 6.32. The SMILES string of the molecule is Nc1ccncc1NCC(=O)O. The minimum Gasteiger partial charge on any atom is -0.480 e. The normalized spacial score (nSPS) is 9.33. The number of hydrogen-bond donors (Lipinski definition) is 3. The van der Waals surface area contributed by atoms with Gasteiger partial charge in [-0.15, -0.1) is 0 Å². The first-order valence-electron chi connectivity index (χ1n) is 3.35. The molecule has 0 saturated heterocycles. The summed E-state index contributed by atoms with van der Waals surface area (Å²) in [6, 6.07) is 1.60. The Morgan fingerprint density at radius 2 is 2.50 bits per heavy atom. The summed E-state index contributed by atoms with van der Waals surface area (Å²) in [7, 11) is 0. The van der Waals surface area contributed by atoms with Gasteiger partial charge in [0.15, 0.2) is 0 Å². The standard InChI is InChI=1S/C7H9N3O2/c8-5-1-2-9-3-6(5)10-4-7(11)12/h1-3,10H,4H2,(H2,8,9)(H,11,12). The summed E-state index contributed by atoms with van der Waals surface area (Å²) in [5, 5.41) is 11.0. The fourth-order valence-corrected chi connectivity index (χ4v) is 0.724. The second-order valence-corrected chi connectivity index (χ2v) is 2.21. The van der Waals surface area contributed by atoms with E-state index in [4.69, 9.17) is 10.8 Å². The lowest BCUT2D eigenvalue weighted by atomic mass is 10.3. The van der Waals surface area contributed by atoms with E-state index in [1.54, 1.807) is 12.3 Å². The smallest absolute Gasteiger partial charge is 0.322 e. The number of nitrogen functional groups attached to an aromatic ring is 1. The van der Waals surface area contributed by atoms with Crippen LogP contribution in [0.5, 0.6) is 0 Å². The van der Waals surface area contributed by atoms with Crippen molar-refractivity contribution in [3.8, 4) is 0 Å². The molecule has 1 heterocycles. The lowest BCUT2D eigenvalue weighted by Crippen LogP contribution is -2.13. The van der Waals surface area contributed by atoms with Crippen LogP contribution in [-0.4, -0.2) is 22.6 Å². The molecule has 12 heavy (non-hydrogen) atoms. The number of aliphatic carboxylic acids is 1. The predicted molar refractivity (Wildman–Crippen MR) is 44.8 cm³/mol. The van der Waals surface area contributed by atoms with Crippen molar-refractivity contribution in [1.29, 1.82) is 0 Å². The predicted octanol–water partition coefficient (Wildman–Crippen LogP) is 0.160. The molecule has 0 aliphatic carbocycles. The number of carboxylic acids is 1. The van der Waals surface area contributed by atoms with Gasteiger partial charge in [-0.2, -0.15) is 0 Å². The Kier molecular flexibility index (Phi) is 2.47. The Labute approximate surface area is 69.2 Å². The van der Waals surface area contributed by atoms with Crippen molar-refractivity contribution in [3.63, 3.8) is 0 Å². The highest BCUT2D eigenvalue weighted by molar-refractivity contribution is 5.75. The number of nitrogens with one attached hydrogen (secondary N) is 1. The van der Waals surface area contributed by atoms with Crippen molar-refractivity contribution in [2.24, 2.45) is 0 Å². The van der Waals surface area contributed by atoms with Crippen molar-refractivity contribution in [2.75, 3.05) is 17.6 Å². The van der Waals surface area contributed by atoms with E-state index in [1.807, 2.05) is 0 Å². The first-order valence-corrected chi connectivity index (χ1v) is 3.35. The molecule has 5 nitrogen and oxygen atoms in total. The third kappa shape index (κ3) is 2.12. The van der Waals surface area contributed by atoms with Gasteiger partial charge in [0.25, 0.3) is 0 Å². The van der Waals surface area contributed by atoms with Crippen LogP contribution in [0.4, 0.5) is 11.4 Å². The molecule has 4 N–H and O–H groups in total. The third-order valence-corrected chi connectivity index (χ3v) is 1.28. The Bertz CT molecular complexity index is 288. The molecule has 64 valence electrons. The van der Waals surface area contributed by atoms with Crippen LogP contribution in [0.2, 0.25) is 0 Å². The molecule has 0 bridgehead atoms. The molecular formula is C7H9N3O2. The van der Waals surface area contributed by atoms with Gasteiger partial charge in [0.2, 0.25) is 0 Å². The van der Waals surface area contributed by atoms with Crippen LogP contribution in [0.3, 0.4) is 0 Å². The van der Waals surface area contributed by atoms with Crippen LogP contribution in [0.15, 0.2) is 18.5 Å². The molecule has 0 atom stereocenters. The van der Waals surface area contributed by atoms with Gasteiger partial charge in [0.1, 0.15) is 6.54 Å². The van der Waals surface area contributed by atoms with Crippen molar-refractivity contribution in [3.05, 3.63) is 18.5 Å². The number of pyridine rings is 1. The number of aromatic nitrogens is 1. The Balaban J connectivity index is 2.63. The first-order chi connectivity index (χ1) is 5.70. The molecule has 5 heteroatoms. The topological polar surface area (TPSA) is 88.2 Å². The van der Waals surface area contributed by atoms with Crippen molar-refractivity contribution >= 4 is 17.3 Å². The van der Waals surface area contributed by atoms with Gasteiger partial charge < -0.3 is 16.2 Å². The molecule has 0 amide bonds. The van der Waals surface area contributed by atoms with Crippen molar-refractivity contribution in [2.45, 2.75) is 0 Å². The number of carbonyl (C=O) groups is 1. The monoisotopic (exact) mass is 167 g/mol. The van der Waals surface area contributed by atoms with Crippen molar-refractivity contribution < 1.29 is 9.90 Å². The molecule has 0 unspecified atom stereocenters. The lowest BCUT2D eigenvalue weighted by Gasteiger charge is -2.04. The fourth-order valence-electron chi connectivity index (χ4n) is 0.724. The molecule has 0 radical (unpaired) electrons. The largest absolute Gasteiger partial charge is 0.480 e. The van der Waals surface area contributed by atoms with Crippen LogP contribution in [0, 0.1) is 0 Å². The quantitative estimate of drug-likeness (QED) is 0.596. The van der Waals surface area contributed by atoms with E-state index in [9.17, 15) is 4.79 Å². The van der Waals surface area contributed by atoms with Gasteiger partial charge in [-0.1, -0.05) is 0 Å². The fraction of sp³-hybridized carbons (Fsp3) is 0.143.